The fraction of sp³-hybridized carbons (Fsp3) is 0.324. The molecule has 0 saturated carbocycles. The quantitative estimate of drug-likeness (QED) is 0.0743. The highest BCUT2D eigenvalue weighted by Crippen LogP contribution is 2.39. The normalized spacial score (nSPS) is 12.2. The minimum absolute atomic E-state index is 0.246. The monoisotopic (exact) mass is 672 g/mol. The number of rotatable bonds is 16. The second-order valence-corrected chi connectivity index (χ2v) is 12.3. The summed E-state index contributed by atoms with van der Waals surface area (Å²) in [6.45, 7) is 0.919. The maximum absolute atomic E-state index is 13.7. The number of nitrogens with one attached hydrogen (secondary N) is 2. The average Bonchev–Trinajstić information content (AvgIpc) is 3.49. The van der Waals surface area contributed by atoms with Crippen LogP contribution in [-0.4, -0.2) is 63.2 Å². The summed E-state index contributed by atoms with van der Waals surface area (Å²) >= 11 is 1.47. The van der Waals surface area contributed by atoms with E-state index < -0.39 is 0 Å². The zero-order valence-corrected chi connectivity index (χ0v) is 27.7. The third-order valence-electron chi connectivity index (χ3n) is 7.97. The van der Waals surface area contributed by atoms with Gasteiger partial charge in [-0.25, -0.2) is 4.79 Å². The lowest BCUT2D eigenvalue weighted by Gasteiger charge is -2.14. The van der Waals surface area contributed by atoms with Crippen molar-refractivity contribution in [3.05, 3.63) is 111 Å². The number of carbonyl (C=O) groups excluding carboxylic acids is 3. The van der Waals surface area contributed by atoms with Crippen LogP contribution in [0.3, 0.4) is 0 Å². The predicted molar refractivity (Wildman–Crippen MR) is 184 cm³/mol. The van der Waals surface area contributed by atoms with E-state index in [1.165, 1.54) is 18.4 Å². The molecule has 0 bridgehead atoms. The first kappa shape index (κ1) is 34.8. The van der Waals surface area contributed by atoms with Crippen LogP contribution in [0.1, 0.15) is 65.5 Å². The molecule has 0 spiro atoms. The molecule has 1 aliphatic rings. The number of aliphatic hydroxyl groups is 1. The number of benzene rings is 3. The number of aliphatic hydroxyl groups excluding tert-OH is 1. The fourth-order valence-electron chi connectivity index (χ4n) is 5.46. The summed E-state index contributed by atoms with van der Waals surface area (Å²) in [7, 11) is 1.37. The SMILES string of the molecule is COC(=O)c1ccc(CCc2ccc(NC(=O)c3c(NC(=O)c4cccc(OCCOCCOCO)c4)sc4c3CCCC4)cc2)cc1. The molecule has 3 aromatic carbocycles. The Morgan fingerprint density at radius 2 is 1.46 bits per heavy atom. The topological polar surface area (TPSA) is 132 Å². The van der Waals surface area contributed by atoms with E-state index in [-0.39, 0.29) is 24.6 Å². The van der Waals surface area contributed by atoms with Gasteiger partial charge in [0.2, 0.25) is 0 Å². The largest absolute Gasteiger partial charge is 0.491 e. The molecule has 0 radical (unpaired) electrons. The lowest BCUT2D eigenvalue weighted by atomic mass is 9.95. The van der Waals surface area contributed by atoms with Gasteiger partial charge in [0, 0.05) is 16.1 Å². The summed E-state index contributed by atoms with van der Waals surface area (Å²) in [5.41, 5.74) is 5.38. The number of hydrogen-bond acceptors (Lipinski definition) is 9. The molecule has 11 heteroatoms. The number of carbonyl (C=O) groups is 3. The molecule has 4 aromatic rings. The van der Waals surface area contributed by atoms with E-state index in [4.69, 9.17) is 24.1 Å². The first-order valence-corrected chi connectivity index (χ1v) is 16.8. The number of esters is 1. The molecule has 1 heterocycles. The van der Waals surface area contributed by atoms with Crippen molar-refractivity contribution >= 4 is 39.8 Å². The summed E-state index contributed by atoms with van der Waals surface area (Å²) < 4.78 is 20.7. The number of fused-ring (bicyclic) bond motifs is 1. The molecule has 1 aromatic heterocycles. The number of aryl methyl sites for hydroxylation is 3. The van der Waals surface area contributed by atoms with Crippen LogP contribution in [0.4, 0.5) is 10.7 Å². The number of hydrogen-bond donors (Lipinski definition) is 3. The van der Waals surface area contributed by atoms with E-state index in [2.05, 4.69) is 10.6 Å². The molecule has 0 aliphatic heterocycles. The van der Waals surface area contributed by atoms with E-state index in [1.807, 2.05) is 36.4 Å². The van der Waals surface area contributed by atoms with Gasteiger partial charge in [-0.15, -0.1) is 11.3 Å². The van der Waals surface area contributed by atoms with Crippen LogP contribution in [0.15, 0.2) is 72.8 Å². The molecule has 5 rings (SSSR count). The van der Waals surface area contributed by atoms with Gasteiger partial charge in [0.05, 0.1) is 38.1 Å². The molecule has 252 valence electrons. The molecule has 3 N–H and O–H groups in total. The number of methoxy groups -OCH3 is 1. The Kier molecular flexibility index (Phi) is 12.7. The van der Waals surface area contributed by atoms with Gasteiger partial charge in [-0.2, -0.15) is 0 Å². The molecule has 10 nitrogen and oxygen atoms in total. The smallest absolute Gasteiger partial charge is 0.337 e. The maximum Gasteiger partial charge on any atom is 0.337 e. The summed E-state index contributed by atoms with van der Waals surface area (Å²) in [6.07, 6.45) is 5.34. The van der Waals surface area contributed by atoms with Crippen molar-refractivity contribution in [3.8, 4) is 5.75 Å². The molecular formula is C37H40N2O8S. The number of amides is 2. The fourth-order valence-corrected chi connectivity index (χ4v) is 6.74. The number of thiophene rings is 1. The van der Waals surface area contributed by atoms with Crippen LogP contribution < -0.4 is 15.4 Å². The molecule has 1 aliphatic carbocycles. The van der Waals surface area contributed by atoms with Gasteiger partial charge in [0.25, 0.3) is 11.8 Å². The van der Waals surface area contributed by atoms with Crippen LogP contribution in [0, 0.1) is 0 Å². The van der Waals surface area contributed by atoms with Crippen molar-refractivity contribution < 1.29 is 38.4 Å². The van der Waals surface area contributed by atoms with E-state index in [0.717, 1.165) is 60.1 Å². The molecule has 48 heavy (non-hydrogen) atoms. The molecule has 0 fully saturated rings. The Labute approximate surface area is 284 Å². The van der Waals surface area contributed by atoms with E-state index in [0.29, 0.717) is 59.6 Å². The van der Waals surface area contributed by atoms with Crippen LogP contribution in [-0.2, 0) is 39.9 Å². The minimum Gasteiger partial charge on any atom is -0.491 e. The number of anilines is 2. The van der Waals surface area contributed by atoms with E-state index in [1.54, 1.807) is 36.4 Å². The summed E-state index contributed by atoms with van der Waals surface area (Å²) in [6, 6.07) is 22.1. The third-order valence-corrected chi connectivity index (χ3v) is 9.18. The third kappa shape index (κ3) is 9.51. The van der Waals surface area contributed by atoms with E-state index >= 15 is 0 Å². The molecule has 0 atom stereocenters. The summed E-state index contributed by atoms with van der Waals surface area (Å²) in [4.78, 5) is 39.9. The van der Waals surface area contributed by atoms with Gasteiger partial charge in [-0.1, -0.05) is 30.3 Å². The zero-order chi connectivity index (χ0) is 33.7. The Hall–Kier alpha value is -4.55. The summed E-state index contributed by atoms with van der Waals surface area (Å²) in [5.74, 6) is -0.394. The van der Waals surface area contributed by atoms with Crippen LogP contribution in [0.5, 0.6) is 5.75 Å². The van der Waals surface area contributed by atoms with Gasteiger partial charge >= 0.3 is 5.97 Å². The lowest BCUT2D eigenvalue weighted by Crippen LogP contribution is -2.18. The Balaban J connectivity index is 1.20. The van der Waals surface area contributed by atoms with Crippen molar-refractivity contribution in [2.24, 2.45) is 0 Å². The summed E-state index contributed by atoms with van der Waals surface area (Å²) in [5, 5.41) is 15.2. The highest BCUT2D eigenvalue weighted by Gasteiger charge is 2.27. The predicted octanol–water partition coefficient (Wildman–Crippen LogP) is 6.07. The van der Waals surface area contributed by atoms with Crippen LogP contribution in [0.2, 0.25) is 0 Å². The minimum atomic E-state index is -0.353. The van der Waals surface area contributed by atoms with Gasteiger partial charge < -0.3 is 34.7 Å². The average molecular weight is 673 g/mol. The van der Waals surface area contributed by atoms with Gasteiger partial charge in [-0.3, -0.25) is 9.59 Å². The van der Waals surface area contributed by atoms with Gasteiger partial charge in [0.15, 0.2) is 0 Å². The van der Waals surface area contributed by atoms with Gasteiger partial charge in [0.1, 0.15) is 24.2 Å². The zero-order valence-electron chi connectivity index (χ0n) is 26.9. The van der Waals surface area contributed by atoms with Crippen LogP contribution in [0.25, 0.3) is 0 Å². The standard InChI is InChI=1S/C37H40N2O8S/c1-44-37(43)27-15-11-25(12-16-27)9-10-26-13-17-29(18-14-26)38-35(42)33-31-7-2-3-8-32(31)48-36(33)39-34(41)28-5-4-6-30(23-28)47-22-21-45-19-20-46-24-40/h4-6,11-18,23,40H,2-3,7-10,19-22,24H2,1H3,(H,38,42)(H,39,41). The maximum atomic E-state index is 13.7. The van der Waals surface area contributed by atoms with Crippen LogP contribution >= 0.6 is 11.3 Å². The van der Waals surface area contributed by atoms with Crippen molar-refractivity contribution in [3.63, 3.8) is 0 Å². The van der Waals surface area contributed by atoms with Crippen molar-refractivity contribution in [2.45, 2.75) is 38.5 Å². The van der Waals surface area contributed by atoms with Crippen molar-refractivity contribution in [1.29, 1.82) is 0 Å². The lowest BCUT2D eigenvalue weighted by molar-refractivity contribution is -0.0318. The second kappa shape index (κ2) is 17.6. The molecular weight excluding hydrogens is 632 g/mol. The first-order chi connectivity index (χ1) is 23.4. The van der Waals surface area contributed by atoms with Crippen molar-refractivity contribution in [1.82, 2.24) is 0 Å². The number of ether oxygens (including phenoxy) is 4. The highest BCUT2D eigenvalue weighted by atomic mass is 32.1. The molecule has 0 unspecified atom stereocenters. The Morgan fingerprint density at radius 1 is 0.771 bits per heavy atom. The molecule has 0 saturated heterocycles. The Morgan fingerprint density at radius 3 is 2.19 bits per heavy atom. The second-order valence-electron chi connectivity index (χ2n) is 11.2. The molecule has 2 amide bonds. The van der Waals surface area contributed by atoms with Crippen molar-refractivity contribution in [2.75, 3.05) is 51.0 Å². The Bertz CT molecular complexity index is 1680. The first-order valence-electron chi connectivity index (χ1n) is 16.0. The van der Waals surface area contributed by atoms with E-state index in [9.17, 15) is 14.4 Å². The van der Waals surface area contributed by atoms with Gasteiger partial charge in [-0.05, 0) is 97.7 Å². The highest BCUT2D eigenvalue weighted by molar-refractivity contribution is 7.17.